The smallest absolute Gasteiger partial charge is 0.150 e. The molecule has 0 aliphatic heterocycles. The second-order valence-corrected chi connectivity index (χ2v) is 4.19. The molecule has 0 radical (unpaired) electrons. The lowest BCUT2D eigenvalue weighted by atomic mass is 10.1. The van der Waals surface area contributed by atoms with Gasteiger partial charge in [-0.1, -0.05) is 20.3 Å². The Kier molecular flexibility index (Phi) is 5.22. The van der Waals surface area contributed by atoms with E-state index in [-0.39, 0.29) is 0 Å². The Morgan fingerprint density at radius 2 is 2.24 bits per heavy atom. The lowest BCUT2D eigenvalue weighted by molar-refractivity contribution is 0.112. The molecule has 1 rings (SSSR count). The van der Waals surface area contributed by atoms with Crippen LogP contribution in [0.2, 0.25) is 0 Å². The second-order valence-electron chi connectivity index (χ2n) is 4.19. The standard InChI is InChI=1S/C14H17NO2/c1-3-11(2)10-17-14-7-12(4-5-15)6-13(8-14)9-16/h6-9,11H,3-4,10H2,1-2H3. The van der Waals surface area contributed by atoms with Crippen LogP contribution in [0.3, 0.4) is 0 Å². The fraction of sp³-hybridized carbons (Fsp3) is 0.429. The van der Waals surface area contributed by atoms with Crippen molar-refractivity contribution in [3.63, 3.8) is 0 Å². The topological polar surface area (TPSA) is 50.1 Å². The molecular weight excluding hydrogens is 214 g/mol. The third-order valence-corrected chi connectivity index (χ3v) is 2.64. The van der Waals surface area contributed by atoms with Gasteiger partial charge in [-0.2, -0.15) is 5.26 Å². The van der Waals surface area contributed by atoms with Gasteiger partial charge < -0.3 is 4.74 Å². The zero-order valence-corrected chi connectivity index (χ0v) is 10.3. The summed E-state index contributed by atoms with van der Waals surface area (Å²) in [6.07, 6.45) is 2.12. The predicted octanol–water partition coefficient (Wildman–Crippen LogP) is 2.99. The Bertz CT molecular complexity index is 421. The molecule has 0 heterocycles. The van der Waals surface area contributed by atoms with E-state index < -0.39 is 0 Å². The van der Waals surface area contributed by atoms with Crippen molar-refractivity contribution in [2.24, 2.45) is 5.92 Å². The quantitative estimate of drug-likeness (QED) is 0.707. The molecule has 17 heavy (non-hydrogen) atoms. The van der Waals surface area contributed by atoms with Gasteiger partial charge >= 0.3 is 0 Å². The van der Waals surface area contributed by atoms with E-state index in [1.807, 2.05) is 6.07 Å². The summed E-state index contributed by atoms with van der Waals surface area (Å²) < 4.78 is 5.62. The summed E-state index contributed by atoms with van der Waals surface area (Å²) in [5.41, 5.74) is 1.37. The van der Waals surface area contributed by atoms with Crippen LogP contribution in [0.15, 0.2) is 18.2 Å². The lowest BCUT2D eigenvalue weighted by Gasteiger charge is -2.12. The van der Waals surface area contributed by atoms with Crippen LogP contribution in [-0.4, -0.2) is 12.9 Å². The molecule has 0 aliphatic rings. The van der Waals surface area contributed by atoms with Crippen molar-refractivity contribution < 1.29 is 9.53 Å². The van der Waals surface area contributed by atoms with E-state index in [2.05, 4.69) is 19.9 Å². The maximum Gasteiger partial charge on any atom is 0.150 e. The molecule has 0 aliphatic carbocycles. The third-order valence-electron chi connectivity index (χ3n) is 2.64. The number of hydrogen-bond acceptors (Lipinski definition) is 3. The third kappa shape index (κ3) is 4.28. The monoisotopic (exact) mass is 231 g/mol. The van der Waals surface area contributed by atoms with E-state index >= 15 is 0 Å². The van der Waals surface area contributed by atoms with Gasteiger partial charge in [-0.25, -0.2) is 0 Å². The molecule has 0 saturated heterocycles. The van der Waals surface area contributed by atoms with E-state index in [4.69, 9.17) is 10.00 Å². The highest BCUT2D eigenvalue weighted by molar-refractivity contribution is 5.76. The Hall–Kier alpha value is -1.82. The average Bonchev–Trinajstić information content (AvgIpc) is 2.36. The van der Waals surface area contributed by atoms with Crippen molar-refractivity contribution >= 4 is 6.29 Å². The van der Waals surface area contributed by atoms with Crippen LogP contribution in [0.5, 0.6) is 5.75 Å². The SMILES string of the molecule is CCC(C)COc1cc(C=O)cc(CC#N)c1. The van der Waals surface area contributed by atoms with Crippen LogP contribution < -0.4 is 4.74 Å². The van der Waals surface area contributed by atoms with Crippen LogP contribution in [0.4, 0.5) is 0 Å². The summed E-state index contributed by atoms with van der Waals surface area (Å²) in [7, 11) is 0. The van der Waals surface area contributed by atoms with Gasteiger partial charge in [0.1, 0.15) is 12.0 Å². The minimum absolute atomic E-state index is 0.293. The first-order valence-electron chi connectivity index (χ1n) is 5.78. The van der Waals surface area contributed by atoms with E-state index in [9.17, 15) is 4.79 Å². The minimum atomic E-state index is 0.293. The van der Waals surface area contributed by atoms with Crippen LogP contribution in [0.25, 0.3) is 0 Å². The maximum atomic E-state index is 10.8. The molecule has 0 fully saturated rings. The predicted molar refractivity (Wildman–Crippen MR) is 66.1 cm³/mol. The molecule has 1 aromatic carbocycles. The molecule has 0 aromatic heterocycles. The summed E-state index contributed by atoms with van der Waals surface area (Å²) in [6, 6.07) is 7.30. The van der Waals surface area contributed by atoms with E-state index in [1.165, 1.54) is 0 Å². The highest BCUT2D eigenvalue weighted by atomic mass is 16.5. The highest BCUT2D eigenvalue weighted by Gasteiger charge is 2.04. The number of aldehydes is 1. The molecule has 0 amide bonds. The van der Waals surface area contributed by atoms with Gasteiger partial charge in [-0.05, 0) is 29.7 Å². The molecular formula is C14H17NO2. The number of benzene rings is 1. The molecule has 0 spiro atoms. The summed E-state index contributed by atoms with van der Waals surface area (Å²) in [4.78, 5) is 10.8. The van der Waals surface area contributed by atoms with Crippen molar-refractivity contribution in [2.45, 2.75) is 26.7 Å². The maximum absolute atomic E-state index is 10.8. The summed E-state index contributed by atoms with van der Waals surface area (Å²) in [5, 5.41) is 8.65. The first kappa shape index (κ1) is 13.2. The van der Waals surface area contributed by atoms with Crippen molar-refractivity contribution in [1.29, 1.82) is 5.26 Å². The van der Waals surface area contributed by atoms with Crippen molar-refractivity contribution in [1.82, 2.24) is 0 Å². The van der Waals surface area contributed by atoms with Crippen molar-refractivity contribution in [2.75, 3.05) is 6.61 Å². The molecule has 0 saturated carbocycles. The normalized spacial score (nSPS) is 11.6. The van der Waals surface area contributed by atoms with E-state index in [0.29, 0.717) is 30.3 Å². The van der Waals surface area contributed by atoms with Crippen LogP contribution in [0, 0.1) is 17.2 Å². The fourth-order valence-corrected chi connectivity index (χ4v) is 1.39. The number of carbonyl (C=O) groups excluding carboxylic acids is 1. The van der Waals surface area contributed by atoms with Crippen LogP contribution in [0.1, 0.15) is 36.2 Å². The van der Waals surface area contributed by atoms with Crippen molar-refractivity contribution in [3.8, 4) is 11.8 Å². The number of rotatable bonds is 6. The van der Waals surface area contributed by atoms with Gasteiger partial charge in [-0.3, -0.25) is 4.79 Å². The molecule has 3 heteroatoms. The zero-order chi connectivity index (χ0) is 12.7. The van der Waals surface area contributed by atoms with Crippen LogP contribution >= 0.6 is 0 Å². The van der Waals surface area contributed by atoms with Gasteiger partial charge in [0.05, 0.1) is 19.1 Å². The first-order chi connectivity index (χ1) is 8.19. The molecule has 1 atom stereocenters. The van der Waals surface area contributed by atoms with Gasteiger partial charge in [0, 0.05) is 5.56 Å². The zero-order valence-electron chi connectivity index (χ0n) is 10.3. The van der Waals surface area contributed by atoms with E-state index in [1.54, 1.807) is 12.1 Å². The number of hydrogen-bond donors (Lipinski definition) is 0. The fourth-order valence-electron chi connectivity index (χ4n) is 1.39. The minimum Gasteiger partial charge on any atom is -0.493 e. The highest BCUT2D eigenvalue weighted by Crippen LogP contribution is 2.18. The molecule has 3 nitrogen and oxygen atoms in total. The molecule has 0 N–H and O–H groups in total. The summed E-state index contributed by atoms with van der Waals surface area (Å²) >= 11 is 0. The van der Waals surface area contributed by atoms with Crippen LogP contribution in [-0.2, 0) is 6.42 Å². The molecule has 0 bridgehead atoms. The van der Waals surface area contributed by atoms with Crippen molar-refractivity contribution in [3.05, 3.63) is 29.3 Å². The average molecular weight is 231 g/mol. The molecule has 1 aromatic rings. The molecule has 1 unspecified atom stereocenters. The van der Waals surface area contributed by atoms with Gasteiger partial charge in [0.15, 0.2) is 0 Å². The largest absolute Gasteiger partial charge is 0.493 e. The van der Waals surface area contributed by atoms with Gasteiger partial charge in [0.25, 0.3) is 0 Å². The number of carbonyl (C=O) groups is 1. The Morgan fingerprint density at radius 1 is 1.47 bits per heavy atom. The number of nitriles is 1. The van der Waals surface area contributed by atoms with Gasteiger partial charge in [-0.15, -0.1) is 0 Å². The van der Waals surface area contributed by atoms with Gasteiger partial charge in [0.2, 0.25) is 0 Å². The summed E-state index contributed by atoms with van der Waals surface area (Å²) in [5.74, 6) is 1.15. The van der Waals surface area contributed by atoms with E-state index in [0.717, 1.165) is 18.3 Å². The lowest BCUT2D eigenvalue weighted by Crippen LogP contribution is -2.07. The number of ether oxygens (including phenoxy) is 1. The summed E-state index contributed by atoms with van der Waals surface area (Å²) in [6.45, 7) is 4.85. The second kappa shape index (κ2) is 6.70. The Labute approximate surface area is 102 Å². The Balaban J connectivity index is 2.80. The first-order valence-corrected chi connectivity index (χ1v) is 5.78. The number of nitrogens with zero attached hydrogens (tertiary/aromatic N) is 1. The molecule has 90 valence electrons. The Morgan fingerprint density at radius 3 is 2.82 bits per heavy atom.